The summed E-state index contributed by atoms with van der Waals surface area (Å²) < 4.78 is 0. The van der Waals surface area contributed by atoms with Gasteiger partial charge in [0.1, 0.15) is 0 Å². The van der Waals surface area contributed by atoms with Crippen molar-refractivity contribution in [3.8, 4) is 0 Å². The summed E-state index contributed by atoms with van der Waals surface area (Å²) >= 11 is 0. The second kappa shape index (κ2) is 7.66. The van der Waals surface area contributed by atoms with Gasteiger partial charge >= 0.3 is 0 Å². The smallest absolute Gasteiger partial charge is 0.0305 e. The molecule has 2 aromatic rings. The molecule has 0 amide bonds. The highest BCUT2D eigenvalue weighted by Gasteiger charge is 2.21. The molecular formula is C24H28. The van der Waals surface area contributed by atoms with E-state index in [0.717, 1.165) is 6.42 Å². The van der Waals surface area contributed by atoms with Crippen LogP contribution in [0.5, 0.6) is 0 Å². The third-order valence-corrected chi connectivity index (χ3v) is 4.91. The van der Waals surface area contributed by atoms with Crippen LogP contribution in [0.4, 0.5) is 0 Å². The van der Waals surface area contributed by atoms with E-state index in [1.54, 1.807) is 0 Å². The molecule has 2 aromatic carbocycles. The predicted molar refractivity (Wildman–Crippen MR) is 105 cm³/mol. The van der Waals surface area contributed by atoms with Crippen LogP contribution in [0.2, 0.25) is 0 Å². The molecule has 0 unspecified atom stereocenters. The van der Waals surface area contributed by atoms with Crippen LogP contribution < -0.4 is 0 Å². The number of rotatable bonds is 6. The largest absolute Gasteiger partial charge is 0.0772 e. The monoisotopic (exact) mass is 316 g/mol. The Morgan fingerprint density at radius 3 is 2.08 bits per heavy atom. The van der Waals surface area contributed by atoms with Crippen LogP contribution in [0.25, 0.3) is 0 Å². The molecule has 1 aliphatic carbocycles. The Morgan fingerprint density at radius 2 is 1.54 bits per heavy atom. The summed E-state index contributed by atoms with van der Waals surface area (Å²) in [5.41, 5.74) is 8.56. The summed E-state index contributed by atoms with van der Waals surface area (Å²) in [5, 5.41) is 0. The van der Waals surface area contributed by atoms with Crippen molar-refractivity contribution in [3.05, 3.63) is 94.1 Å². The van der Waals surface area contributed by atoms with Gasteiger partial charge in [-0.2, -0.15) is 0 Å². The summed E-state index contributed by atoms with van der Waals surface area (Å²) in [6, 6.07) is 18.0. The standard InChI is InChI=1S/C24H28/c1-4-5-10-20-13-14-23(17-20)24(21-11-6-8-18(2)15-21)22-12-7-9-19(3)16-22/h6-9,11-13,15-17,24H,4-5,10,14H2,1-3H3. The van der Waals surface area contributed by atoms with E-state index in [2.05, 4.69) is 81.5 Å². The van der Waals surface area contributed by atoms with Gasteiger partial charge in [-0.1, -0.05) is 96.3 Å². The first-order valence-electron chi connectivity index (χ1n) is 9.20. The molecule has 0 saturated carbocycles. The van der Waals surface area contributed by atoms with Crippen molar-refractivity contribution in [2.45, 2.75) is 52.4 Å². The zero-order valence-corrected chi connectivity index (χ0v) is 15.2. The summed E-state index contributed by atoms with van der Waals surface area (Å²) in [7, 11) is 0. The van der Waals surface area contributed by atoms with Crippen molar-refractivity contribution in [1.29, 1.82) is 0 Å². The lowest BCUT2D eigenvalue weighted by Gasteiger charge is -2.21. The second-order valence-corrected chi connectivity index (χ2v) is 7.07. The maximum Gasteiger partial charge on any atom is 0.0305 e. The van der Waals surface area contributed by atoms with Gasteiger partial charge in [-0.05, 0) is 44.2 Å². The summed E-state index contributed by atoms with van der Waals surface area (Å²) in [5.74, 6) is 0.375. The fraction of sp³-hybridized carbons (Fsp3) is 0.333. The van der Waals surface area contributed by atoms with E-state index in [1.807, 2.05) is 0 Å². The van der Waals surface area contributed by atoms with Crippen molar-refractivity contribution in [1.82, 2.24) is 0 Å². The molecule has 0 heterocycles. The lowest BCUT2D eigenvalue weighted by atomic mass is 9.83. The van der Waals surface area contributed by atoms with Crippen molar-refractivity contribution >= 4 is 0 Å². The molecule has 0 nitrogen and oxygen atoms in total. The van der Waals surface area contributed by atoms with Gasteiger partial charge in [-0.15, -0.1) is 0 Å². The highest BCUT2D eigenvalue weighted by Crippen LogP contribution is 2.38. The Morgan fingerprint density at radius 1 is 0.917 bits per heavy atom. The lowest BCUT2D eigenvalue weighted by molar-refractivity contribution is 0.798. The molecule has 0 radical (unpaired) electrons. The number of benzene rings is 2. The topological polar surface area (TPSA) is 0 Å². The first kappa shape index (κ1) is 16.8. The Hall–Kier alpha value is -2.08. The quantitative estimate of drug-likeness (QED) is 0.544. The van der Waals surface area contributed by atoms with Crippen LogP contribution in [0.1, 0.15) is 60.8 Å². The van der Waals surface area contributed by atoms with Gasteiger partial charge in [0.2, 0.25) is 0 Å². The van der Waals surface area contributed by atoms with Gasteiger partial charge in [-0.25, -0.2) is 0 Å². The van der Waals surface area contributed by atoms with Gasteiger partial charge < -0.3 is 0 Å². The number of hydrogen-bond donors (Lipinski definition) is 0. The first-order valence-corrected chi connectivity index (χ1v) is 9.20. The van der Waals surface area contributed by atoms with Crippen LogP contribution in [-0.2, 0) is 0 Å². The lowest BCUT2D eigenvalue weighted by Crippen LogP contribution is -2.04. The van der Waals surface area contributed by atoms with Crippen molar-refractivity contribution in [2.24, 2.45) is 0 Å². The third-order valence-electron chi connectivity index (χ3n) is 4.91. The summed E-state index contributed by atoms with van der Waals surface area (Å²) in [6.07, 6.45) is 9.75. The third kappa shape index (κ3) is 3.87. The van der Waals surface area contributed by atoms with Crippen LogP contribution >= 0.6 is 0 Å². The molecule has 0 bridgehead atoms. The zero-order valence-electron chi connectivity index (χ0n) is 15.2. The minimum atomic E-state index is 0.375. The molecule has 1 aliphatic rings. The molecule has 124 valence electrons. The minimum Gasteiger partial charge on any atom is -0.0772 e. The zero-order chi connectivity index (χ0) is 16.9. The predicted octanol–water partition coefficient (Wildman–Crippen LogP) is 6.88. The number of hydrogen-bond acceptors (Lipinski definition) is 0. The number of allylic oxidation sites excluding steroid dienone is 4. The van der Waals surface area contributed by atoms with E-state index in [0.29, 0.717) is 5.92 Å². The molecule has 0 aliphatic heterocycles. The van der Waals surface area contributed by atoms with Crippen LogP contribution in [0.3, 0.4) is 0 Å². The van der Waals surface area contributed by atoms with Crippen molar-refractivity contribution in [3.63, 3.8) is 0 Å². The van der Waals surface area contributed by atoms with E-state index >= 15 is 0 Å². The average Bonchev–Trinajstić information content (AvgIpc) is 3.02. The van der Waals surface area contributed by atoms with Crippen molar-refractivity contribution < 1.29 is 0 Å². The molecule has 0 heteroatoms. The van der Waals surface area contributed by atoms with Crippen molar-refractivity contribution in [2.75, 3.05) is 0 Å². The Bertz CT molecular complexity index is 716. The van der Waals surface area contributed by atoms with Crippen LogP contribution in [0, 0.1) is 13.8 Å². The van der Waals surface area contributed by atoms with Gasteiger partial charge in [0.15, 0.2) is 0 Å². The SMILES string of the molecule is CCCCC1=CCC(C(c2cccc(C)c2)c2cccc(C)c2)=C1. The van der Waals surface area contributed by atoms with E-state index in [-0.39, 0.29) is 0 Å². The summed E-state index contributed by atoms with van der Waals surface area (Å²) in [6.45, 7) is 6.64. The van der Waals surface area contributed by atoms with E-state index < -0.39 is 0 Å². The maximum atomic E-state index is 2.46. The van der Waals surface area contributed by atoms with Gasteiger partial charge in [0.25, 0.3) is 0 Å². The van der Waals surface area contributed by atoms with E-state index in [1.165, 1.54) is 52.7 Å². The highest BCUT2D eigenvalue weighted by atomic mass is 14.3. The van der Waals surface area contributed by atoms with Crippen LogP contribution in [0.15, 0.2) is 71.8 Å². The van der Waals surface area contributed by atoms with Gasteiger partial charge in [-0.3, -0.25) is 0 Å². The Labute approximate surface area is 146 Å². The Balaban J connectivity index is 1.98. The van der Waals surface area contributed by atoms with E-state index in [4.69, 9.17) is 0 Å². The molecule has 0 aromatic heterocycles. The molecule has 0 N–H and O–H groups in total. The van der Waals surface area contributed by atoms with E-state index in [9.17, 15) is 0 Å². The fourth-order valence-corrected chi connectivity index (χ4v) is 3.68. The van der Waals surface area contributed by atoms with Crippen LogP contribution in [-0.4, -0.2) is 0 Å². The molecule has 0 saturated heterocycles. The molecule has 0 spiro atoms. The molecular weight excluding hydrogens is 288 g/mol. The van der Waals surface area contributed by atoms with Gasteiger partial charge in [0.05, 0.1) is 0 Å². The molecule has 3 rings (SSSR count). The second-order valence-electron chi connectivity index (χ2n) is 7.07. The Kier molecular flexibility index (Phi) is 5.35. The highest BCUT2D eigenvalue weighted by molar-refractivity contribution is 5.48. The first-order chi connectivity index (χ1) is 11.7. The molecule has 0 atom stereocenters. The number of aryl methyl sites for hydroxylation is 2. The normalized spacial score (nSPS) is 14.0. The average molecular weight is 316 g/mol. The number of unbranched alkanes of at least 4 members (excludes halogenated alkanes) is 1. The van der Waals surface area contributed by atoms with Gasteiger partial charge in [0, 0.05) is 5.92 Å². The molecule has 24 heavy (non-hydrogen) atoms. The molecule has 0 fully saturated rings. The minimum absolute atomic E-state index is 0.375. The maximum absolute atomic E-state index is 2.46. The fourth-order valence-electron chi connectivity index (χ4n) is 3.68. The summed E-state index contributed by atoms with van der Waals surface area (Å²) in [4.78, 5) is 0.